The zero-order chi connectivity index (χ0) is 18.7. The lowest BCUT2D eigenvalue weighted by Crippen LogP contribution is -2.42. The van der Waals surface area contributed by atoms with Gasteiger partial charge in [-0.05, 0) is 25.0 Å². The van der Waals surface area contributed by atoms with Gasteiger partial charge in [0, 0.05) is 43.7 Å². The van der Waals surface area contributed by atoms with E-state index in [4.69, 9.17) is 14.7 Å². The maximum atomic E-state index is 12.8. The molecule has 1 atom stereocenters. The van der Waals surface area contributed by atoms with Gasteiger partial charge in [0.2, 0.25) is 11.8 Å². The summed E-state index contributed by atoms with van der Waals surface area (Å²) in [5.74, 6) is 0.781. The van der Waals surface area contributed by atoms with Crippen molar-refractivity contribution < 1.29 is 19.1 Å². The fourth-order valence-electron chi connectivity index (χ4n) is 3.60. The van der Waals surface area contributed by atoms with Crippen molar-refractivity contribution in [2.45, 2.75) is 19.3 Å². The number of likely N-dealkylation sites (tertiary alicyclic amines) is 1. The molecule has 0 spiro atoms. The predicted molar refractivity (Wildman–Crippen MR) is 94.9 cm³/mol. The Morgan fingerprint density at radius 2 is 1.88 bits per heavy atom. The van der Waals surface area contributed by atoms with Crippen LogP contribution in [0.3, 0.4) is 0 Å². The number of carbonyl (C=O) groups is 2. The van der Waals surface area contributed by atoms with Crippen molar-refractivity contribution in [3.8, 4) is 17.6 Å². The number of nitriles is 1. The van der Waals surface area contributed by atoms with Gasteiger partial charge < -0.3 is 19.3 Å². The Kier molecular flexibility index (Phi) is 5.31. The van der Waals surface area contributed by atoms with E-state index in [-0.39, 0.29) is 30.1 Å². The van der Waals surface area contributed by atoms with Crippen LogP contribution in [0.5, 0.6) is 11.5 Å². The second kappa shape index (κ2) is 7.65. The average molecular weight is 357 g/mol. The Hall–Kier alpha value is -2.75. The first-order chi connectivity index (χ1) is 12.6. The monoisotopic (exact) mass is 357 g/mol. The van der Waals surface area contributed by atoms with Gasteiger partial charge in [-0.3, -0.25) is 9.59 Å². The lowest BCUT2D eigenvalue weighted by molar-refractivity contribution is -0.136. The highest BCUT2D eigenvalue weighted by atomic mass is 16.5. The van der Waals surface area contributed by atoms with E-state index >= 15 is 0 Å². The molecule has 1 aromatic carbocycles. The first-order valence-electron chi connectivity index (χ1n) is 8.78. The fourth-order valence-corrected chi connectivity index (χ4v) is 3.60. The van der Waals surface area contributed by atoms with Gasteiger partial charge in [0.1, 0.15) is 0 Å². The highest BCUT2D eigenvalue weighted by molar-refractivity contribution is 6.00. The van der Waals surface area contributed by atoms with Crippen molar-refractivity contribution in [1.29, 1.82) is 5.26 Å². The summed E-state index contributed by atoms with van der Waals surface area (Å²) in [6, 6.07) is 7.57. The number of methoxy groups -OCH3 is 2. The van der Waals surface area contributed by atoms with Crippen molar-refractivity contribution in [2.75, 3.05) is 38.8 Å². The topological polar surface area (TPSA) is 82.9 Å². The van der Waals surface area contributed by atoms with E-state index in [1.54, 1.807) is 42.2 Å². The van der Waals surface area contributed by atoms with Crippen LogP contribution >= 0.6 is 0 Å². The second-order valence-electron chi connectivity index (χ2n) is 6.67. The lowest BCUT2D eigenvalue weighted by Gasteiger charge is -2.31. The molecule has 3 rings (SSSR count). The van der Waals surface area contributed by atoms with Crippen LogP contribution in [-0.4, -0.2) is 50.6 Å². The van der Waals surface area contributed by atoms with Gasteiger partial charge in [-0.2, -0.15) is 5.26 Å². The number of hydrogen-bond acceptors (Lipinski definition) is 5. The normalized spacial score (nSPS) is 20.8. The van der Waals surface area contributed by atoms with Gasteiger partial charge in [0.15, 0.2) is 11.5 Å². The Bertz CT molecular complexity index is 735. The zero-order valence-electron chi connectivity index (χ0n) is 15.1. The number of benzene rings is 1. The predicted octanol–water partition coefficient (Wildman–Crippen LogP) is 1.82. The van der Waals surface area contributed by atoms with Crippen LogP contribution in [0, 0.1) is 23.2 Å². The lowest BCUT2D eigenvalue weighted by atomic mass is 9.97. The molecule has 0 saturated carbocycles. The molecule has 2 saturated heterocycles. The first-order valence-corrected chi connectivity index (χ1v) is 8.78. The molecule has 2 aliphatic heterocycles. The molecule has 7 nitrogen and oxygen atoms in total. The Labute approximate surface area is 153 Å². The van der Waals surface area contributed by atoms with E-state index < -0.39 is 0 Å². The summed E-state index contributed by atoms with van der Waals surface area (Å²) in [5, 5.41) is 8.98. The Balaban J connectivity index is 1.69. The molecule has 0 radical (unpaired) electrons. The zero-order valence-corrected chi connectivity index (χ0v) is 15.1. The quantitative estimate of drug-likeness (QED) is 0.821. The summed E-state index contributed by atoms with van der Waals surface area (Å²) in [5.41, 5.74) is 0.700. The molecular formula is C19H23N3O4. The highest BCUT2D eigenvalue weighted by Gasteiger charge is 2.38. The molecule has 2 heterocycles. The molecule has 0 N–H and O–H groups in total. The van der Waals surface area contributed by atoms with Gasteiger partial charge >= 0.3 is 0 Å². The third-order valence-electron chi connectivity index (χ3n) is 5.14. The van der Waals surface area contributed by atoms with E-state index in [9.17, 15) is 9.59 Å². The maximum Gasteiger partial charge on any atom is 0.228 e. The molecule has 26 heavy (non-hydrogen) atoms. The van der Waals surface area contributed by atoms with Crippen molar-refractivity contribution in [3.05, 3.63) is 18.2 Å². The van der Waals surface area contributed by atoms with Gasteiger partial charge in [-0.1, -0.05) is 0 Å². The van der Waals surface area contributed by atoms with Crippen LogP contribution in [0.15, 0.2) is 18.2 Å². The minimum atomic E-state index is -0.339. The van der Waals surface area contributed by atoms with E-state index in [0.717, 1.165) is 0 Å². The molecule has 0 aliphatic carbocycles. The fraction of sp³-hybridized carbons (Fsp3) is 0.526. The molecule has 2 fully saturated rings. The van der Waals surface area contributed by atoms with E-state index in [1.807, 2.05) is 0 Å². The number of ether oxygens (including phenoxy) is 2. The van der Waals surface area contributed by atoms with Gasteiger partial charge in [-0.15, -0.1) is 0 Å². The van der Waals surface area contributed by atoms with Crippen LogP contribution in [0.2, 0.25) is 0 Å². The van der Waals surface area contributed by atoms with Gasteiger partial charge in [-0.25, -0.2) is 0 Å². The summed E-state index contributed by atoms with van der Waals surface area (Å²) < 4.78 is 10.5. The Morgan fingerprint density at radius 3 is 2.50 bits per heavy atom. The molecule has 2 amide bonds. The molecule has 7 heteroatoms. The van der Waals surface area contributed by atoms with Gasteiger partial charge in [0.05, 0.1) is 26.2 Å². The van der Waals surface area contributed by atoms with Crippen molar-refractivity contribution in [2.24, 2.45) is 11.8 Å². The summed E-state index contributed by atoms with van der Waals surface area (Å²) in [4.78, 5) is 28.7. The Morgan fingerprint density at radius 1 is 1.19 bits per heavy atom. The smallest absolute Gasteiger partial charge is 0.228 e. The molecule has 0 aromatic heterocycles. The van der Waals surface area contributed by atoms with E-state index in [0.29, 0.717) is 49.7 Å². The third kappa shape index (κ3) is 3.45. The van der Waals surface area contributed by atoms with Gasteiger partial charge in [0.25, 0.3) is 0 Å². The third-order valence-corrected chi connectivity index (χ3v) is 5.14. The maximum absolute atomic E-state index is 12.8. The molecule has 1 aromatic rings. The summed E-state index contributed by atoms with van der Waals surface area (Å²) in [6.45, 7) is 1.56. The van der Waals surface area contributed by atoms with Crippen molar-refractivity contribution in [1.82, 2.24) is 4.90 Å². The number of amides is 2. The van der Waals surface area contributed by atoms with Crippen molar-refractivity contribution in [3.63, 3.8) is 0 Å². The van der Waals surface area contributed by atoms with Crippen LogP contribution in [0.25, 0.3) is 0 Å². The largest absolute Gasteiger partial charge is 0.493 e. The van der Waals surface area contributed by atoms with Crippen LogP contribution in [0.4, 0.5) is 5.69 Å². The van der Waals surface area contributed by atoms with Crippen molar-refractivity contribution >= 4 is 17.5 Å². The molecule has 2 aliphatic rings. The van der Waals surface area contributed by atoms with Crippen LogP contribution < -0.4 is 14.4 Å². The first kappa shape index (κ1) is 18.1. The SMILES string of the molecule is COc1ccc(N2CC(C(=O)N3CCC(C#N)CC3)CC2=O)cc1OC. The summed E-state index contributed by atoms with van der Waals surface area (Å²) >= 11 is 0. The summed E-state index contributed by atoms with van der Waals surface area (Å²) in [6.07, 6.45) is 1.63. The minimum absolute atomic E-state index is 0.0118. The number of hydrogen-bond donors (Lipinski definition) is 0. The van der Waals surface area contributed by atoms with E-state index in [1.165, 1.54) is 0 Å². The molecular weight excluding hydrogens is 334 g/mol. The molecule has 1 unspecified atom stereocenters. The summed E-state index contributed by atoms with van der Waals surface area (Å²) in [7, 11) is 3.10. The van der Waals surface area contributed by atoms with E-state index in [2.05, 4.69) is 6.07 Å². The van der Waals surface area contributed by atoms with Crippen LogP contribution in [0.1, 0.15) is 19.3 Å². The average Bonchev–Trinajstić information content (AvgIpc) is 3.08. The number of anilines is 1. The number of carbonyl (C=O) groups excluding carboxylic acids is 2. The highest BCUT2D eigenvalue weighted by Crippen LogP contribution is 2.34. The minimum Gasteiger partial charge on any atom is -0.493 e. The molecule has 138 valence electrons. The standard InChI is InChI=1S/C19H23N3O4/c1-25-16-4-3-15(10-17(16)26-2)22-12-14(9-18(22)23)19(24)21-7-5-13(11-20)6-8-21/h3-4,10,13-14H,5-9,12H2,1-2H3. The second-order valence-corrected chi connectivity index (χ2v) is 6.67. The number of rotatable bonds is 4. The molecule has 0 bridgehead atoms. The van der Waals surface area contributed by atoms with Crippen LogP contribution in [-0.2, 0) is 9.59 Å². The number of piperidine rings is 1. The number of nitrogens with zero attached hydrogens (tertiary/aromatic N) is 3.